The lowest BCUT2D eigenvalue weighted by atomic mass is 10.0. The highest BCUT2D eigenvalue weighted by Gasteiger charge is 2.16. The van der Waals surface area contributed by atoms with Gasteiger partial charge in [-0.3, -0.25) is 0 Å². The van der Waals surface area contributed by atoms with Crippen molar-refractivity contribution in [3.8, 4) is 16.8 Å². The van der Waals surface area contributed by atoms with Crippen LogP contribution in [0, 0.1) is 27.7 Å². The lowest BCUT2D eigenvalue weighted by molar-refractivity contribution is 1.17. The van der Waals surface area contributed by atoms with Crippen molar-refractivity contribution in [3.05, 3.63) is 101 Å². The number of benzene rings is 4. The zero-order chi connectivity index (χ0) is 20.1. The molecule has 0 saturated carbocycles. The minimum atomic E-state index is 1.24. The molecule has 0 aliphatic carbocycles. The van der Waals surface area contributed by atoms with Gasteiger partial charge in [0.25, 0.3) is 0 Å². The summed E-state index contributed by atoms with van der Waals surface area (Å²) in [7, 11) is 0. The Morgan fingerprint density at radius 3 is 1.55 bits per heavy atom. The minimum Gasteiger partial charge on any atom is -0.309 e. The highest BCUT2D eigenvalue weighted by Crippen LogP contribution is 2.37. The standard InChI is InChI=1S/C28H25N/c1-18-5-10-22(11-6-18)23-12-7-19(2)15-26(23)29-27-16-20(3)8-13-24(27)25-14-9-21(4)17-28(25)29/h5-17H,1-4H3. The molecule has 1 nitrogen and oxygen atoms in total. The largest absolute Gasteiger partial charge is 0.309 e. The van der Waals surface area contributed by atoms with E-state index < -0.39 is 0 Å². The zero-order valence-electron chi connectivity index (χ0n) is 17.5. The summed E-state index contributed by atoms with van der Waals surface area (Å²) >= 11 is 0. The van der Waals surface area contributed by atoms with E-state index in [4.69, 9.17) is 0 Å². The van der Waals surface area contributed by atoms with Crippen LogP contribution in [0.1, 0.15) is 22.3 Å². The minimum absolute atomic E-state index is 1.24. The molecule has 0 N–H and O–H groups in total. The molecule has 0 saturated heterocycles. The highest BCUT2D eigenvalue weighted by atomic mass is 15.0. The van der Waals surface area contributed by atoms with Crippen LogP contribution in [-0.2, 0) is 0 Å². The summed E-state index contributed by atoms with van der Waals surface area (Å²) in [4.78, 5) is 0. The Morgan fingerprint density at radius 1 is 0.483 bits per heavy atom. The van der Waals surface area contributed by atoms with Gasteiger partial charge in [0.05, 0.1) is 16.7 Å². The molecule has 0 atom stereocenters. The summed E-state index contributed by atoms with van der Waals surface area (Å²) in [5, 5.41) is 2.61. The summed E-state index contributed by atoms with van der Waals surface area (Å²) in [5.41, 5.74) is 11.4. The van der Waals surface area contributed by atoms with Gasteiger partial charge in [-0.1, -0.05) is 66.2 Å². The van der Waals surface area contributed by atoms with Crippen LogP contribution in [0.5, 0.6) is 0 Å². The number of fused-ring (bicyclic) bond motifs is 3. The third-order valence-electron chi connectivity index (χ3n) is 5.84. The molecule has 1 heterocycles. The quantitative estimate of drug-likeness (QED) is 0.298. The van der Waals surface area contributed by atoms with Crippen LogP contribution in [0.4, 0.5) is 0 Å². The number of aromatic nitrogens is 1. The van der Waals surface area contributed by atoms with Crippen LogP contribution < -0.4 is 0 Å². The lowest BCUT2D eigenvalue weighted by Crippen LogP contribution is -1.98. The summed E-state index contributed by atoms with van der Waals surface area (Å²) < 4.78 is 2.45. The van der Waals surface area contributed by atoms with Crippen LogP contribution >= 0.6 is 0 Å². The van der Waals surface area contributed by atoms with E-state index in [1.54, 1.807) is 0 Å². The first-order valence-corrected chi connectivity index (χ1v) is 10.2. The molecule has 0 bridgehead atoms. The van der Waals surface area contributed by atoms with Gasteiger partial charge in [-0.2, -0.15) is 0 Å². The Hall–Kier alpha value is -3.32. The van der Waals surface area contributed by atoms with Crippen LogP contribution in [0.3, 0.4) is 0 Å². The molecular weight excluding hydrogens is 350 g/mol. The van der Waals surface area contributed by atoms with E-state index in [9.17, 15) is 0 Å². The number of rotatable bonds is 2. The fourth-order valence-corrected chi connectivity index (χ4v) is 4.30. The molecule has 0 radical (unpaired) electrons. The number of aryl methyl sites for hydroxylation is 4. The first-order valence-electron chi connectivity index (χ1n) is 10.2. The van der Waals surface area contributed by atoms with Gasteiger partial charge in [0.1, 0.15) is 0 Å². The summed E-state index contributed by atoms with van der Waals surface area (Å²) in [5.74, 6) is 0. The second kappa shape index (κ2) is 6.63. The second-order valence-electron chi connectivity index (χ2n) is 8.26. The summed E-state index contributed by atoms with van der Waals surface area (Å²) in [6.07, 6.45) is 0. The zero-order valence-corrected chi connectivity index (χ0v) is 17.5. The third-order valence-corrected chi connectivity index (χ3v) is 5.84. The summed E-state index contributed by atoms with van der Waals surface area (Å²) in [6.45, 7) is 8.65. The topological polar surface area (TPSA) is 4.93 Å². The lowest BCUT2D eigenvalue weighted by Gasteiger charge is -2.15. The number of hydrogen-bond donors (Lipinski definition) is 0. The molecule has 0 unspecified atom stereocenters. The van der Waals surface area contributed by atoms with Crippen molar-refractivity contribution in [1.29, 1.82) is 0 Å². The Bertz CT molecular complexity index is 1310. The molecule has 4 aromatic carbocycles. The number of hydrogen-bond acceptors (Lipinski definition) is 0. The van der Waals surface area contributed by atoms with E-state index in [2.05, 4.69) is 111 Å². The maximum atomic E-state index is 2.45. The van der Waals surface area contributed by atoms with Crippen LogP contribution in [-0.4, -0.2) is 4.57 Å². The molecule has 0 fully saturated rings. The van der Waals surface area contributed by atoms with Gasteiger partial charge in [0.15, 0.2) is 0 Å². The molecule has 1 heteroatoms. The Balaban J connectivity index is 1.93. The average molecular weight is 376 g/mol. The maximum absolute atomic E-state index is 2.45. The number of nitrogens with zero attached hydrogens (tertiary/aromatic N) is 1. The normalized spacial score (nSPS) is 11.4. The molecule has 29 heavy (non-hydrogen) atoms. The van der Waals surface area contributed by atoms with Crippen molar-refractivity contribution >= 4 is 21.8 Å². The van der Waals surface area contributed by atoms with E-state index in [0.717, 1.165) is 0 Å². The molecule has 0 spiro atoms. The molecule has 1 aromatic heterocycles. The van der Waals surface area contributed by atoms with Crippen molar-refractivity contribution in [3.63, 3.8) is 0 Å². The Labute approximate surface area is 172 Å². The van der Waals surface area contributed by atoms with E-state index in [1.807, 2.05) is 0 Å². The smallest absolute Gasteiger partial charge is 0.0543 e. The first kappa shape index (κ1) is 17.8. The molecule has 5 rings (SSSR count). The van der Waals surface area contributed by atoms with E-state index >= 15 is 0 Å². The summed E-state index contributed by atoms with van der Waals surface area (Å²) in [6, 6.07) is 29.2. The predicted molar refractivity (Wildman–Crippen MR) is 125 cm³/mol. The second-order valence-corrected chi connectivity index (χ2v) is 8.26. The fraction of sp³-hybridized carbons (Fsp3) is 0.143. The molecule has 0 aliphatic rings. The van der Waals surface area contributed by atoms with E-state index in [-0.39, 0.29) is 0 Å². The molecular formula is C28H25N. The SMILES string of the molecule is Cc1ccc(-c2ccc(C)cc2-n2c3cc(C)ccc3c3ccc(C)cc32)cc1. The fourth-order valence-electron chi connectivity index (χ4n) is 4.30. The van der Waals surface area contributed by atoms with Crippen molar-refractivity contribution in [2.45, 2.75) is 27.7 Å². The van der Waals surface area contributed by atoms with Gasteiger partial charge in [-0.05, 0) is 68.1 Å². The van der Waals surface area contributed by atoms with Crippen molar-refractivity contribution in [2.24, 2.45) is 0 Å². The van der Waals surface area contributed by atoms with Crippen molar-refractivity contribution < 1.29 is 0 Å². The Morgan fingerprint density at radius 2 is 0.966 bits per heavy atom. The van der Waals surface area contributed by atoms with Gasteiger partial charge < -0.3 is 4.57 Å². The Kier molecular flexibility index (Phi) is 4.06. The monoisotopic (exact) mass is 375 g/mol. The van der Waals surface area contributed by atoms with E-state index in [0.29, 0.717) is 0 Å². The predicted octanol–water partition coefficient (Wildman–Crippen LogP) is 7.68. The van der Waals surface area contributed by atoms with Gasteiger partial charge in [0, 0.05) is 16.3 Å². The maximum Gasteiger partial charge on any atom is 0.0543 e. The third kappa shape index (κ3) is 2.94. The molecule has 142 valence electrons. The van der Waals surface area contributed by atoms with Gasteiger partial charge >= 0.3 is 0 Å². The van der Waals surface area contributed by atoms with Gasteiger partial charge in [-0.25, -0.2) is 0 Å². The van der Waals surface area contributed by atoms with Crippen molar-refractivity contribution in [2.75, 3.05) is 0 Å². The highest BCUT2D eigenvalue weighted by molar-refractivity contribution is 6.10. The average Bonchev–Trinajstić information content (AvgIpc) is 3.01. The van der Waals surface area contributed by atoms with Crippen LogP contribution in [0.25, 0.3) is 38.6 Å². The van der Waals surface area contributed by atoms with Crippen molar-refractivity contribution in [1.82, 2.24) is 4.57 Å². The van der Waals surface area contributed by atoms with Crippen LogP contribution in [0.15, 0.2) is 78.9 Å². The molecule has 0 amide bonds. The van der Waals surface area contributed by atoms with Crippen LogP contribution in [0.2, 0.25) is 0 Å². The van der Waals surface area contributed by atoms with Gasteiger partial charge in [0.2, 0.25) is 0 Å². The molecule has 0 aliphatic heterocycles. The van der Waals surface area contributed by atoms with E-state index in [1.165, 1.54) is 60.9 Å². The molecule has 5 aromatic rings. The van der Waals surface area contributed by atoms with Gasteiger partial charge in [-0.15, -0.1) is 0 Å². The first-order chi connectivity index (χ1) is 14.0.